The number of hydrogen-bond donors (Lipinski definition) is 0. The van der Waals surface area contributed by atoms with Crippen LogP contribution in [-0.2, 0) is 7.05 Å². The van der Waals surface area contributed by atoms with Crippen LogP contribution in [0.5, 0.6) is 11.5 Å². The molecule has 5 heteroatoms. The molecule has 0 saturated carbocycles. The zero-order valence-electron chi connectivity index (χ0n) is 12.4. The molecule has 0 saturated heterocycles. The lowest BCUT2D eigenvalue weighted by atomic mass is 10.1. The third-order valence-corrected chi connectivity index (χ3v) is 3.29. The smallest absolute Gasteiger partial charge is 0.269 e. The van der Waals surface area contributed by atoms with Gasteiger partial charge in [0.15, 0.2) is 0 Å². The van der Waals surface area contributed by atoms with Gasteiger partial charge in [-0.25, -0.2) is 4.68 Å². The molecule has 2 aromatic rings. The van der Waals surface area contributed by atoms with Gasteiger partial charge in [-0.05, 0) is 32.0 Å². The van der Waals surface area contributed by atoms with Gasteiger partial charge in [0.25, 0.3) is 5.56 Å². The van der Waals surface area contributed by atoms with Gasteiger partial charge in [0.1, 0.15) is 11.5 Å². The molecule has 0 aliphatic heterocycles. The van der Waals surface area contributed by atoms with E-state index in [-0.39, 0.29) is 5.56 Å². The number of methoxy groups -OCH3 is 2. The Morgan fingerprint density at radius 3 is 2.05 bits per heavy atom. The monoisotopic (exact) mass is 274 g/mol. The molecule has 0 spiro atoms. The van der Waals surface area contributed by atoms with Crippen LogP contribution in [0.25, 0.3) is 11.3 Å². The molecule has 1 aromatic carbocycles. The van der Waals surface area contributed by atoms with Crippen LogP contribution < -0.4 is 15.0 Å². The minimum atomic E-state index is -0.0974. The van der Waals surface area contributed by atoms with Gasteiger partial charge in [-0.15, -0.1) is 0 Å². The number of ether oxygens (including phenoxy) is 2. The zero-order chi connectivity index (χ0) is 14.9. The van der Waals surface area contributed by atoms with Crippen LogP contribution in [0.1, 0.15) is 11.1 Å². The normalized spacial score (nSPS) is 10.4. The lowest BCUT2D eigenvalue weighted by Gasteiger charge is -2.13. The van der Waals surface area contributed by atoms with Crippen LogP contribution in [-0.4, -0.2) is 24.0 Å². The maximum absolute atomic E-state index is 11.7. The van der Waals surface area contributed by atoms with Crippen molar-refractivity contribution in [1.82, 2.24) is 9.78 Å². The molecular formula is C15H18N2O3. The molecule has 5 nitrogen and oxygen atoms in total. The highest BCUT2D eigenvalue weighted by Gasteiger charge is 2.12. The van der Waals surface area contributed by atoms with Crippen molar-refractivity contribution in [1.29, 1.82) is 0 Å². The van der Waals surface area contributed by atoms with Crippen LogP contribution in [0, 0.1) is 13.8 Å². The predicted molar refractivity (Wildman–Crippen MR) is 77.5 cm³/mol. The minimum absolute atomic E-state index is 0.0974. The second kappa shape index (κ2) is 5.36. The summed E-state index contributed by atoms with van der Waals surface area (Å²) in [5.74, 6) is 1.46. The summed E-state index contributed by atoms with van der Waals surface area (Å²) in [6.07, 6.45) is 0. The summed E-state index contributed by atoms with van der Waals surface area (Å²) in [5.41, 5.74) is 3.04. The van der Waals surface area contributed by atoms with E-state index in [0.717, 1.165) is 22.6 Å². The topological polar surface area (TPSA) is 53.4 Å². The average Bonchev–Trinajstić information content (AvgIpc) is 2.44. The third kappa shape index (κ3) is 2.39. The number of rotatable bonds is 3. The van der Waals surface area contributed by atoms with Gasteiger partial charge >= 0.3 is 0 Å². The van der Waals surface area contributed by atoms with Crippen molar-refractivity contribution in [2.75, 3.05) is 14.2 Å². The molecule has 0 amide bonds. The minimum Gasteiger partial charge on any atom is -0.496 e. The number of nitrogens with zero attached hydrogens (tertiary/aromatic N) is 2. The van der Waals surface area contributed by atoms with Crippen LogP contribution >= 0.6 is 0 Å². The van der Waals surface area contributed by atoms with Crippen molar-refractivity contribution >= 4 is 0 Å². The van der Waals surface area contributed by atoms with Crippen LogP contribution in [0.3, 0.4) is 0 Å². The maximum atomic E-state index is 11.7. The highest BCUT2D eigenvalue weighted by atomic mass is 16.5. The van der Waals surface area contributed by atoms with E-state index in [4.69, 9.17) is 9.47 Å². The Balaban J connectivity index is 2.66. The second-order valence-electron chi connectivity index (χ2n) is 4.65. The van der Waals surface area contributed by atoms with Crippen molar-refractivity contribution < 1.29 is 9.47 Å². The lowest BCUT2D eigenvalue weighted by molar-refractivity contribution is 0.389. The van der Waals surface area contributed by atoms with Gasteiger partial charge in [-0.1, -0.05) is 0 Å². The van der Waals surface area contributed by atoms with Gasteiger partial charge in [-0.2, -0.15) is 5.10 Å². The molecule has 0 N–H and O–H groups in total. The Labute approximate surface area is 117 Å². The fourth-order valence-electron chi connectivity index (χ4n) is 2.13. The standard InChI is InChI=1S/C15H18N2O3/c1-9-6-12(16-17(3)15(9)18)11-7-13(19-4)10(2)14(8-11)20-5/h6-8H,1-5H3. The lowest BCUT2D eigenvalue weighted by Crippen LogP contribution is -2.21. The number of aryl methyl sites for hydroxylation is 2. The van der Waals surface area contributed by atoms with Gasteiger partial charge in [-0.3, -0.25) is 4.79 Å². The molecule has 0 bridgehead atoms. The van der Waals surface area contributed by atoms with Crippen molar-refractivity contribution in [3.05, 3.63) is 39.7 Å². The quantitative estimate of drug-likeness (QED) is 0.860. The number of hydrogen-bond acceptors (Lipinski definition) is 4. The first-order chi connectivity index (χ1) is 9.47. The van der Waals surface area contributed by atoms with E-state index in [2.05, 4.69) is 5.10 Å². The predicted octanol–water partition coefficient (Wildman–Crippen LogP) is 2.08. The van der Waals surface area contributed by atoms with Gasteiger partial charge in [0.05, 0.1) is 19.9 Å². The molecule has 0 atom stereocenters. The van der Waals surface area contributed by atoms with Crippen molar-refractivity contribution in [2.24, 2.45) is 7.05 Å². The maximum Gasteiger partial charge on any atom is 0.269 e. The summed E-state index contributed by atoms with van der Waals surface area (Å²) < 4.78 is 12.1. The first-order valence-electron chi connectivity index (χ1n) is 6.26. The number of benzene rings is 1. The van der Waals surface area contributed by atoms with Crippen molar-refractivity contribution in [2.45, 2.75) is 13.8 Å². The molecule has 0 radical (unpaired) electrons. The summed E-state index contributed by atoms with van der Waals surface area (Å²) in [7, 11) is 4.87. The van der Waals surface area contributed by atoms with E-state index >= 15 is 0 Å². The molecule has 0 fully saturated rings. The summed E-state index contributed by atoms with van der Waals surface area (Å²) in [6, 6.07) is 5.56. The molecule has 1 aromatic heterocycles. The van der Waals surface area contributed by atoms with E-state index in [1.165, 1.54) is 4.68 Å². The molecule has 106 valence electrons. The molecule has 0 unspecified atom stereocenters. The second-order valence-corrected chi connectivity index (χ2v) is 4.65. The fraction of sp³-hybridized carbons (Fsp3) is 0.333. The first kappa shape index (κ1) is 14.1. The summed E-state index contributed by atoms with van der Waals surface area (Å²) in [5, 5.41) is 4.28. The highest BCUT2D eigenvalue weighted by molar-refractivity contribution is 5.66. The number of aromatic nitrogens is 2. The molecule has 0 aliphatic rings. The molecular weight excluding hydrogens is 256 g/mol. The average molecular weight is 274 g/mol. The zero-order valence-corrected chi connectivity index (χ0v) is 12.4. The van der Waals surface area contributed by atoms with Gasteiger partial charge < -0.3 is 9.47 Å². The molecule has 1 heterocycles. The van der Waals surface area contributed by atoms with Crippen LogP contribution in [0.2, 0.25) is 0 Å². The Bertz CT molecular complexity index is 653. The van der Waals surface area contributed by atoms with E-state index in [1.807, 2.05) is 19.1 Å². The Morgan fingerprint density at radius 2 is 1.60 bits per heavy atom. The molecule has 2 rings (SSSR count). The summed E-state index contributed by atoms with van der Waals surface area (Å²) in [6.45, 7) is 3.71. The Morgan fingerprint density at radius 1 is 1.05 bits per heavy atom. The Kier molecular flexibility index (Phi) is 3.79. The van der Waals surface area contributed by atoms with Crippen LogP contribution in [0.15, 0.2) is 23.0 Å². The van der Waals surface area contributed by atoms with E-state index < -0.39 is 0 Å². The van der Waals surface area contributed by atoms with Crippen LogP contribution in [0.4, 0.5) is 0 Å². The van der Waals surface area contributed by atoms with Gasteiger partial charge in [0, 0.05) is 23.7 Å². The highest BCUT2D eigenvalue weighted by Crippen LogP contribution is 2.33. The largest absolute Gasteiger partial charge is 0.496 e. The SMILES string of the molecule is COc1cc(-c2cc(C)c(=O)n(C)n2)cc(OC)c1C. The fourth-order valence-corrected chi connectivity index (χ4v) is 2.13. The Hall–Kier alpha value is -2.30. The van der Waals surface area contributed by atoms with E-state index in [0.29, 0.717) is 11.3 Å². The van der Waals surface area contributed by atoms with Crippen molar-refractivity contribution in [3.63, 3.8) is 0 Å². The van der Waals surface area contributed by atoms with E-state index in [9.17, 15) is 4.79 Å². The summed E-state index contributed by atoms with van der Waals surface area (Å²) in [4.78, 5) is 11.7. The third-order valence-electron chi connectivity index (χ3n) is 3.29. The van der Waals surface area contributed by atoms with Crippen molar-refractivity contribution in [3.8, 4) is 22.8 Å². The van der Waals surface area contributed by atoms with E-state index in [1.54, 1.807) is 34.3 Å². The molecule has 20 heavy (non-hydrogen) atoms. The summed E-state index contributed by atoms with van der Waals surface area (Å²) >= 11 is 0. The van der Waals surface area contributed by atoms with Gasteiger partial charge in [0.2, 0.25) is 0 Å². The molecule has 0 aliphatic carbocycles. The first-order valence-corrected chi connectivity index (χ1v) is 6.26.